The Bertz CT molecular complexity index is 778. The quantitative estimate of drug-likeness (QED) is 0.566. The molecule has 0 unspecified atom stereocenters. The number of ether oxygens (including phenoxy) is 1. The zero-order valence-electron chi connectivity index (χ0n) is 15.5. The molecule has 7 heteroatoms. The molecule has 1 fully saturated rings. The molecular formula is C20H23FN2O4. The number of anilines is 1. The minimum Gasteiger partial charge on any atom is -0.418 e. The SMILES string of the molecule is CCN(CC)C1=C(OC(=O)C2CCCC2)C(=O)N(c2ccc(F)cc2)C1=O. The third-order valence-corrected chi connectivity index (χ3v) is 5.07. The Hall–Kier alpha value is -2.70. The summed E-state index contributed by atoms with van der Waals surface area (Å²) in [5, 5.41) is 0. The number of hydrogen-bond acceptors (Lipinski definition) is 5. The van der Waals surface area contributed by atoms with E-state index in [1.807, 2.05) is 13.8 Å². The molecule has 0 bridgehead atoms. The van der Waals surface area contributed by atoms with Gasteiger partial charge in [-0.2, -0.15) is 0 Å². The van der Waals surface area contributed by atoms with Crippen LogP contribution in [0.5, 0.6) is 0 Å². The largest absolute Gasteiger partial charge is 0.418 e. The van der Waals surface area contributed by atoms with Crippen LogP contribution in [0.3, 0.4) is 0 Å². The number of nitrogens with zero attached hydrogens (tertiary/aromatic N) is 2. The molecule has 27 heavy (non-hydrogen) atoms. The van der Waals surface area contributed by atoms with E-state index in [4.69, 9.17) is 4.74 Å². The summed E-state index contributed by atoms with van der Waals surface area (Å²) in [6, 6.07) is 5.06. The lowest BCUT2D eigenvalue weighted by atomic mass is 10.1. The molecule has 0 saturated heterocycles. The number of rotatable bonds is 6. The fourth-order valence-corrected chi connectivity index (χ4v) is 3.58. The van der Waals surface area contributed by atoms with E-state index in [-0.39, 0.29) is 23.1 Å². The number of esters is 1. The van der Waals surface area contributed by atoms with Crippen LogP contribution in [0.4, 0.5) is 10.1 Å². The van der Waals surface area contributed by atoms with Crippen LogP contribution < -0.4 is 4.90 Å². The molecule has 1 aromatic rings. The van der Waals surface area contributed by atoms with Gasteiger partial charge in [0.25, 0.3) is 5.91 Å². The van der Waals surface area contributed by atoms with Gasteiger partial charge in [-0.1, -0.05) is 12.8 Å². The van der Waals surface area contributed by atoms with Gasteiger partial charge >= 0.3 is 11.9 Å². The number of imide groups is 1. The minimum absolute atomic E-state index is 0.0840. The van der Waals surface area contributed by atoms with E-state index >= 15 is 0 Å². The van der Waals surface area contributed by atoms with E-state index in [9.17, 15) is 18.8 Å². The van der Waals surface area contributed by atoms with Crippen molar-refractivity contribution in [3.63, 3.8) is 0 Å². The molecule has 6 nitrogen and oxygen atoms in total. The standard InChI is InChI=1S/C20H23FN2O4/c1-3-22(4-2)16-17(27-20(26)13-7-5-6-8-13)19(25)23(18(16)24)15-11-9-14(21)10-12-15/h9-13H,3-8H2,1-2H3. The van der Waals surface area contributed by atoms with Crippen molar-refractivity contribution in [3.05, 3.63) is 41.5 Å². The first kappa shape index (κ1) is 19.1. The predicted molar refractivity (Wildman–Crippen MR) is 96.9 cm³/mol. The van der Waals surface area contributed by atoms with E-state index in [1.165, 1.54) is 24.3 Å². The van der Waals surface area contributed by atoms with Gasteiger partial charge in [0.05, 0.1) is 11.6 Å². The number of carbonyl (C=O) groups is 3. The van der Waals surface area contributed by atoms with Crippen LogP contribution in [-0.2, 0) is 19.1 Å². The third-order valence-electron chi connectivity index (χ3n) is 5.07. The molecule has 1 aliphatic heterocycles. The topological polar surface area (TPSA) is 66.9 Å². The summed E-state index contributed by atoms with van der Waals surface area (Å²) in [4.78, 5) is 41.1. The average molecular weight is 374 g/mol. The highest BCUT2D eigenvalue weighted by Crippen LogP contribution is 2.32. The summed E-state index contributed by atoms with van der Waals surface area (Å²) < 4.78 is 18.7. The van der Waals surface area contributed by atoms with Crippen molar-refractivity contribution in [1.29, 1.82) is 0 Å². The highest BCUT2D eigenvalue weighted by Gasteiger charge is 2.44. The molecule has 1 saturated carbocycles. The number of carbonyl (C=O) groups excluding carboxylic acids is 3. The van der Waals surface area contributed by atoms with E-state index in [0.717, 1.165) is 30.6 Å². The van der Waals surface area contributed by atoms with Crippen LogP contribution >= 0.6 is 0 Å². The normalized spacial score (nSPS) is 17.8. The van der Waals surface area contributed by atoms with Crippen LogP contribution in [0, 0.1) is 11.7 Å². The van der Waals surface area contributed by atoms with Crippen molar-refractivity contribution in [2.24, 2.45) is 5.92 Å². The lowest BCUT2D eigenvalue weighted by Crippen LogP contribution is -2.35. The Morgan fingerprint density at radius 1 is 1.11 bits per heavy atom. The molecule has 0 N–H and O–H groups in total. The number of likely N-dealkylation sites (N-methyl/N-ethyl adjacent to an activating group) is 1. The molecule has 1 aliphatic carbocycles. The Labute approximate surface area is 157 Å². The maximum atomic E-state index is 13.2. The summed E-state index contributed by atoms with van der Waals surface area (Å²) >= 11 is 0. The molecule has 3 rings (SSSR count). The molecule has 2 aliphatic rings. The molecule has 2 amide bonds. The second kappa shape index (κ2) is 7.90. The summed E-state index contributed by atoms with van der Waals surface area (Å²) in [6.07, 6.45) is 3.37. The average Bonchev–Trinajstić information content (AvgIpc) is 3.27. The van der Waals surface area contributed by atoms with Gasteiger partial charge in [-0.3, -0.25) is 14.4 Å². The maximum Gasteiger partial charge on any atom is 0.314 e. The van der Waals surface area contributed by atoms with Crippen molar-refractivity contribution in [3.8, 4) is 0 Å². The van der Waals surface area contributed by atoms with Crippen molar-refractivity contribution in [2.75, 3.05) is 18.0 Å². The smallest absolute Gasteiger partial charge is 0.314 e. The summed E-state index contributed by atoms with van der Waals surface area (Å²) in [7, 11) is 0. The van der Waals surface area contributed by atoms with Crippen molar-refractivity contribution in [2.45, 2.75) is 39.5 Å². The maximum absolute atomic E-state index is 13.2. The summed E-state index contributed by atoms with van der Waals surface area (Å²) in [6.45, 7) is 4.66. The van der Waals surface area contributed by atoms with Crippen LogP contribution in [0.15, 0.2) is 35.7 Å². The van der Waals surface area contributed by atoms with Gasteiger partial charge in [0.2, 0.25) is 5.76 Å². The molecular weight excluding hydrogens is 351 g/mol. The lowest BCUT2D eigenvalue weighted by Gasteiger charge is -2.22. The van der Waals surface area contributed by atoms with E-state index in [2.05, 4.69) is 0 Å². The second-order valence-electron chi connectivity index (χ2n) is 6.67. The Morgan fingerprint density at radius 3 is 2.26 bits per heavy atom. The Kier molecular flexibility index (Phi) is 5.58. The highest BCUT2D eigenvalue weighted by atomic mass is 19.1. The third kappa shape index (κ3) is 3.59. The minimum atomic E-state index is -0.695. The van der Waals surface area contributed by atoms with Gasteiger partial charge in [-0.05, 0) is 51.0 Å². The highest BCUT2D eigenvalue weighted by molar-refractivity contribution is 6.32. The zero-order chi connectivity index (χ0) is 19.6. The van der Waals surface area contributed by atoms with E-state index in [1.54, 1.807) is 4.90 Å². The second-order valence-corrected chi connectivity index (χ2v) is 6.67. The monoisotopic (exact) mass is 374 g/mol. The molecule has 0 aromatic heterocycles. The fourth-order valence-electron chi connectivity index (χ4n) is 3.58. The van der Waals surface area contributed by atoms with Crippen molar-refractivity contribution < 1.29 is 23.5 Å². The lowest BCUT2D eigenvalue weighted by molar-refractivity contribution is -0.146. The molecule has 0 radical (unpaired) electrons. The first-order chi connectivity index (χ1) is 13.0. The molecule has 144 valence electrons. The molecule has 0 atom stereocenters. The summed E-state index contributed by atoms with van der Waals surface area (Å²) in [5.41, 5.74) is 0.323. The predicted octanol–water partition coefficient (Wildman–Crippen LogP) is 2.99. The van der Waals surface area contributed by atoms with Gasteiger partial charge in [-0.25, -0.2) is 9.29 Å². The number of benzene rings is 1. The summed E-state index contributed by atoms with van der Waals surface area (Å²) in [5.74, 6) is -2.66. The van der Waals surface area contributed by atoms with E-state index in [0.29, 0.717) is 13.1 Å². The first-order valence-corrected chi connectivity index (χ1v) is 9.33. The van der Waals surface area contributed by atoms with Crippen molar-refractivity contribution in [1.82, 2.24) is 4.90 Å². The van der Waals surface area contributed by atoms with Gasteiger partial charge in [0.15, 0.2) is 5.70 Å². The van der Waals surface area contributed by atoms with Gasteiger partial charge < -0.3 is 9.64 Å². The van der Waals surface area contributed by atoms with Gasteiger partial charge in [-0.15, -0.1) is 0 Å². The number of amides is 2. The first-order valence-electron chi connectivity index (χ1n) is 9.33. The van der Waals surface area contributed by atoms with Crippen LogP contribution in [0.1, 0.15) is 39.5 Å². The van der Waals surface area contributed by atoms with E-state index < -0.39 is 23.6 Å². The number of halogens is 1. The van der Waals surface area contributed by atoms with Crippen LogP contribution in [0.25, 0.3) is 0 Å². The van der Waals surface area contributed by atoms with Crippen LogP contribution in [-0.4, -0.2) is 35.8 Å². The fraction of sp³-hybridized carbons (Fsp3) is 0.450. The number of hydrogen-bond donors (Lipinski definition) is 0. The Morgan fingerprint density at radius 2 is 1.70 bits per heavy atom. The molecule has 0 spiro atoms. The van der Waals surface area contributed by atoms with Crippen molar-refractivity contribution >= 4 is 23.5 Å². The Balaban J connectivity index is 1.95. The van der Waals surface area contributed by atoms with Crippen LogP contribution in [0.2, 0.25) is 0 Å². The zero-order valence-corrected chi connectivity index (χ0v) is 15.5. The van der Waals surface area contributed by atoms with Gasteiger partial charge in [0.1, 0.15) is 5.82 Å². The van der Waals surface area contributed by atoms with Gasteiger partial charge in [0, 0.05) is 13.1 Å². The molecule has 1 heterocycles. The molecule has 1 aromatic carbocycles.